The molecule has 0 atom stereocenters. The molecule has 0 spiro atoms. The first-order valence-corrected chi connectivity index (χ1v) is 12.8. The van der Waals surface area contributed by atoms with Gasteiger partial charge in [-0.2, -0.15) is 0 Å². The smallest absolute Gasteiger partial charge is 0.408 e. The maximum atomic E-state index is 13.1. The third kappa shape index (κ3) is 4.12. The summed E-state index contributed by atoms with van der Waals surface area (Å²) in [5, 5.41) is 4.39. The van der Waals surface area contributed by atoms with Crippen LogP contribution in [0.3, 0.4) is 0 Å². The molecule has 1 aliphatic heterocycles. The minimum absolute atomic E-state index is 0.0919. The molecule has 4 heteroatoms. The van der Waals surface area contributed by atoms with Gasteiger partial charge < -0.3 is 14.2 Å². The van der Waals surface area contributed by atoms with E-state index in [4.69, 9.17) is 14.2 Å². The van der Waals surface area contributed by atoms with Gasteiger partial charge in [-0.25, -0.2) is 0 Å². The zero-order valence-electron chi connectivity index (χ0n) is 20.0. The van der Waals surface area contributed by atoms with Crippen LogP contribution in [0.5, 0.6) is 11.5 Å². The summed E-state index contributed by atoms with van der Waals surface area (Å²) in [6, 6.07) is 24.5. The predicted molar refractivity (Wildman–Crippen MR) is 138 cm³/mol. The lowest BCUT2D eigenvalue weighted by Gasteiger charge is -2.28. The van der Waals surface area contributed by atoms with Crippen molar-refractivity contribution in [2.45, 2.75) is 51.9 Å². The highest BCUT2D eigenvalue weighted by molar-refractivity contribution is 6.09. The van der Waals surface area contributed by atoms with Crippen molar-refractivity contribution in [3.8, 4) is 22.6 Å². The molecule has 0 unspecified atom stereocenters. The van der Waals surface area contributed by atoms with Crippen molar-refractivity contribution < 1.29 is 19.0 Å². The molecule has 4 aromatic carbocycles. The number of hydrogen-bond acceptors (Lipinski definition) is 4. The molecule has 4 nitrogen and oxygen atoms in total. The molecule has 6 rings (SSSR count). The van der Waals surface area contributed by atoms with Gasteiger partial charge >= 0.3 is 12.4 Å². The van der Waals surface area contributed by atoms with E-state index in [0.29, 0.717) is 11.5 Å². The van der Waals surface area contributed by atoms with Crippen molar-refractivity contribution in [1.82, 2.24) is 0 Å². The largest absolute Gasteiger partial charge is 0.422 e. The second-order valence-corrected chi connectivity index (χ2v) is 9.79. The van der Waals surface area contributed by atoms with E-state index >= 15 is 0 Å². The van der Waals surface area contributed by atoms with Gasteiger partial charge in [-0.3, -0.25) is 4.79 Å². The average Bonchev–Trinajstić information content (AvgIpc) is 3.06. The molecule has 1 fully saturated rings. The molecule has 0 bridgehead atoms. The van der Waals surface area contributed by atoms with E-state index in [2.05, 4.69) is 31.2 Å². The molecule has 1 heterocycles. The van der Waals surface area contributed by atoms with Crippen LogP contribution >= 0.6 is 0 Å². The van der Waals surface area contributed by atoms with Gasteiger partial charge in [-0.05, 0) is 65.3 Å². The summed E-state index contributed by atoms with van der Waals surface area (Å²) in [6.45, 7) is 1.10. The van der Waals surface area contributed by atoms with Crippen LogP contribution in [0.15, 0.2) is 72.8 Å². The van der Waals surface area contributed by atoms with Crippen LogP contribution in [0.2, 0.25) is 0 Å². The Kier molecular flexibility index (Phi) is 5.81. The van der Waals surface area contributed by atoms with Crippen LogP contribution in [0.25, 0.3) is 32.7 Å². The minimum atomic E-state index is -1.13. The fraction of sp³-hybridized carbons (Fsp3) is 0.323. The Hall–Kier alpha value is -3.53. The molecule has 0 radical (unpaired) electrons. The minimum Gasteiger partial charge on any atom is -0.422 e. The summed E-state index contributed by atoms with van der Waals surface area (Å²) in [7, 11) is 0. The summed E-state index contributed by atoms with van der Waals surface area (Å²) in [5.74, 6) is 1.73. The molecular formula is C31H30O4. The van der Waals surface area contributed by atoms with E-state index in [1.165, 1.54) is 12.8 Å². The zero-order valence-corrected chi connectivity index (χ0v) is 20.0. The summed E-state index contributed by atoms with van der Waals surface area (Å²) in [5.41, 5.74) is 1.93. The molecule has 0 aromatic heterocycles. The van der Waals surface area contributed by atoms with Crippen molar-refractivity contribution in [3.63, 3.8) is 0 Å². The number of rotatable bonds is 4. The fourth-order valence-corrected chi connectivity index (χ4v) is 5.78. The molecule has 1 aliphatic carbocycles. The van der Waals surface area contributed by atoms with E-state index in [1.807, 2.05) is 48.5 Å². The van der Waals surface area contributed by atoms with E-state index < -0.39 is 6.48 Å². The Morgan fingerprint density at radius 1 is 0.771 bits per heavy atom. The van der Waals surface area contributed by atoms with Gasteiger partial charge in [0.1, 0.15) is 11.5 Å². The maximum absolute atomic E-state index is 13.1. The number of ether oxygens (including phenoxy) is 3. The van der Waals surface area contributed by atoms with Crippen LogP contribution in [0, 0.1) is 11.8 Å². The van der Waals surface area contributed by atoms with Gasteiger partial charge in [-0.15, -0.1) is 0 Å². The molecule has 0 amide bonds. The Bertz CT molecular complexity index is 1300. The first-order chi connectivity index (χ1) is 17.2. The highest BCUT2D eigenvalue weighted by Crippen LogP contribution is 2.48. The highest BCUT2D eigenvalue weighted by atomic mass is 16.9. The maximum Gasteiger partial charge on any atom is 0.408 e. The molecule has 0 N–H and O–H groups in total. The number of esters is 1. The quantitative estimate of drug-likeness (QED) is 0.287. The first-order valence-electron chi connectivity index (χ1n) is 12.8. The van der Waals surface area contributed by atoms with Crippen molar-refractivity contribution in [2.24, 2.45) is 11.8 Å². The van der Waals surface area contributed by atoms with Gasteiger partial charge in [-0.1, -0.05) is 80.4 Å². The number of benzene rings is 4. The summed E-state index contributed by atoms with van der Waals surface area (Å²) < 4.78 is 18.4. The topological polar surface area (TPSA) is 44.8 Å². The summed E-state index contributed by atoms with van der Waals surface area (Å²) in [4.78, 5) is 13.1. The summed E-state index contributed by atoms with van der Waals surface area (Å²) in [6.07, 6.45) is 6.36. The Balaban J connectivity index is 1.37. The normalized spacial score (nSPS) is 19.8. The third-order valence-corrected chi connectivity index (χ3v) is 7.57. The monoisotopic (exact) mass is 466 g/mol. The number of carbonyl (C=O) groups excluding carboxylic acids is 1. The van der Waals surface area contributed by atoms with Gasteiger partial charge in [0.2, 0.25) is 0 Å². The van der Waals surface area contributed by atoms with Crippen LogP contribution in [-0.4, -0.2) is 12.4 Å². The Morgan fingerprint density at radius 2 is 1.31 bits per heavy atom. The van der Waals surface area contributed by atoms with Crippen LogP contribution < -0.4 is 9.47 Å². The van der Waals surface area contributed by atoms with E-state index in [1.54, 1.807) is 0 Å². The van der Waals surface area contributed by atoms with E-state index in [0.717, 1.165) is 64.3 Å². The number of hydrogen-bond donors (Lipinski definition) is 0. The van der Waals surface area contributed by atoms with Crippen molar-refractivity contribution in [3.05, 3.63) is 72.8 Å². The van der Waals surface area contributed by atoms with E-state index in [-0.39, 0.29) is 11.9 Å². The first kappa shape index (κ1) is 22.0. The number of fused-ring (bicyclic) bond motifs is 7. The predicted octanol–water partition coefficient (Wildman–Crippen LogP) is 7.86. The van der Waals surface area contributed by atoms with Crippen molar-refractivity contribution in [2.75, 3.05) is 0 Å². The van der Waals surface area contributed by atoms with Gasteiger partial charge in [0.15, 0.2) is 0 Å². The molecule has 2 aliphatic rings. The van der Waals surface area contributed by atoms with E-state index in [9.17, 15) is 4.79 Å². The van der Waals surface area contributed by atoms with Crippen LogP contribution in [0.4, 0.5) is 0 Å². The van der Waals surface area contributed by atoms with Gasteiger partial charge in [0, 0.05) is 11.1 Å². The molecule has 1 saturated carbocycles. The fourth-order valence-electron chi connectivity index (χ4n) is 5.78. The standard InChI is InChI=1S/C31H30O4/c1-2-7-20-12-14-23(15-13-20)30(32)35-31-33-26-18-16-21-8-3-5-10-24(21)28(26)29-25-11-6-4-9-22(25)17-19-27(29)34-31/h3-6,8-11,16-20,23,31H,2,7,12-15H2,1H3. The molecule has 178 valence electrons. The second kappa shape index (κ2) is 9.26. The van der Waals surface area contributed by atoms with Crippen LogP contribution in [-0.2, 0) is 9.53 Å². The summed E-state index contributed by atoms with van der Waals surface area (Å²) >= 11 is 0. The lowest BCUT2D eigenvalue weighted by Crippen LogP contribution is -2.33. The second-order valence-electron chi connectivity index (χ2n) is 9.79. The molecular weight excluding hydrogens is 436 g/mol. The lowest BCUT2D eigenvalue weighted by atomic mass is 9.80. The molecule has 0 saturated heterocycles. The highest BCUT2D eigenvalue weighted by Gasteiger charge is 2.33. The molecule has 4 aromatic rings. The Labute approximate surface area is 205 Å². The van der Waals surface area contributed by atoms with Crippen LogP contribution in [0.1, 0.15) is 45.4 Å². The van der Waals surface area contributed by atoms with Gasteiger partial charge in [0.25, 0.3) is 0 Å². The lowest BCUT2D eigenvalue weighted by molar-refractivity contribution is -0.210. The van der Waals surface area contributed by atoms with Crippen molar-refractivity contribution >= 4 is 27.5 Å². The zero-order chi connectivity index (χ0) is 23.8. The third-order valence-electron chi connectivity index (χ3n) is 7.57. The SMILES string of the molecule is CCCC1CCC(C(=O)OC2Oc3ccc4ccccc4c3-c3c(ccc4ccccc34)O2)CC1. The Morgan fingerprint density at radius 3 is 1.86 bits per heavy atom. The number of carbonyl (C=O) groups is 1. The van der Waals surface area contributed by atoms with Crippen molar-refractivity contribution in [1.29, 1.82) is 0 Å². The van der Waals surface area contributed by atoms with Gasteiger partial charge in [0.05, 0.1) is 5.92 Å². The average molecular weight is 467 g/mol. The molecule has 35 heavy (non-hydrogen) atoms.